The van der Waals surface area contributed by atoms with E-state index in [1.165, 1.54) is 0 Å². The molecule has 0 aliphatic heterocycles. The minimum atomic E-state index is -3.36. The van der Waals surface area contributed by atoms with E-state index in [1.54, 1.807) is 19.2 Å². The van der Waals surface area contributed by atoms with Crippen molar-refractivity contribution in [3.63, 3.8) is 0 Å². The zero-order chi connectivity index (χ0) is 16.0. The van der Waals surface area contributed by atoms with Gasteiger partial charge in [-0.2, -0.15) is 0 Å². The van der Waals surface area contributed by atoms with Gasteiger partial charge in [-0.15, -0.1) is 0 Å². The van der Waals surface area contributed by atoms with Crippen molar-refractivity contribution in [1.82, 2.24) is 4.72 Å². The van der Waals surface area contributed by atoms with Crippen molar-refractivity contribution in [2.75, 3.05) is 12.9 Å². The van der Waals surface area contributed by atoms with Crippen molar-refractivity contribution < 1.29 is 13.2 Å². The average molecular weight is 340 g/mol. The summed E-state index contributed by atoms with van der Waals surface area (Å²) in [5.41, 5.74) is 1.68. The molecule has 118 valence electrons. The van der Waals surface area contributed by atoms with E-state index in [-0.39, 0.29) is 12.3 Å². The molecule has 0 aromatic heterocycles. The molecule has 0 saturated carbocycles. The monoisotopic (exact) mass is 339 g/mol. The van der Waals surface area contributed by atoms with E-state index in [0.29, 0.717) is 11.4 Å². The van der Waals surface area contributed by atoms with E-state index in [2.05, 4.69) is 4.72 Å². The van der Waals surface area contributed by atoms with Crippen LogP contribution in [0.2, 0.25) is 5.02 Å². The summed E-state index contributed by atoms with van der Waals surface area (Å²) in [5, 5.41) is 0.554. The van der Waals surface area contributed by atoms with Gasteiger partial charge in [-0.1, -0.05) is 41.9 Å². The van der Waals surface area contributed by atoms with Crippen LogP contribution >= 0.6 is 11.6 Å². The van der Waals surface area contributed by atoms with Gasteiger partial charge in [-0.05, 0) is 35.7 Å². The summed E-state index contributed by atoms with van der Waals surface area (Å²) in [6, 6.07) is 14.6. The predicted molar refractivity (Wildman–Crippen MR) is 88.8 cm³/mol. The molecule has 0 aliphatic carbocycles. The van der Waals surface area contributed by atoms with Gasteiger partial charge in [-0.3, -0.25) is 0 Å². The first-order valence-corrected chi connectivity index (χ1v) is 8.87. The first kappa shape index (κ1) is 16.8. The van der Waals surface area contributed by atoms with Gasteiger partial charge >= 0.3 is 0 Å². The summed E-state index contributed by atoms with van der Waals surface area (Å²) < 4.78 is 31.8. The molecule has 6 heteroatoms. The molecule has 0 bridgehead atoms. The van der Waals surface area contributed by atoms with Crippen LogP contribution < -0.4 is 9.46 Å². The molecule has 0 amide bonds. The molecule has 0 fully saturated rings. The molecule has 2 aromatic rings. The maximum Gasteiger partial charge on any atom is 0.212 e. The number of halogens is 1. The predicted octanol–water partition coefficient (Wildman–Crippen LogP) is 3.01. The Balaban J connectivity index is 1.92. The Morgan fingerprint density at radius 2 is 1.91 bits per heavy atom. The number of nitrogens with one attached hydrogen (secondary N) is 1. The van der Waals surface area contributed by atoms with E-state index >= 15 is 0 Å². The minimum Gasteiger partial charge on any atom is -0.497 e. The second kappa shape index (κ2) is 7.63. The number of hydrogen-bond donors (Lipinski definition) is 1. The van der Waals surface area contributed by atoms with E-state index in [1.807, 2.05) is 36.4 Å². The summed E-state index contributed by atoms with van der Waals surface area (Å²) in [6.45, 7) is 0.195. The van der Waals surface area contributed by atoms with Gasteiger partial charge in [0.2, 0.25) is 10.0 Å². The van der Waals surface area contributed by atoms with Gasteiger partial charge in [-0.25, -0.2) is 13.1 Å². The van der Waals surface area contributed by atoms with Gasteiger partial charge < -0.3 is 4.74 Å². The van der Waals surface area contributed by atoms with Crippen LogP contribution in [0.5, 0.6) is 5.75 Å². The lowest BCUT2D eigenvalue weighted by atomic mass is 10.2. The van der Waals surface area contributed by atoms with Crippen molar-refractivity contribution in [2.24, 2.45) is 0 Å². The van der Waals surface area contributed by atoms with Gasteiger partial charge in [0.15, 0.2) is 0 Å². The zero-order valence-corrected chi connectivity index (χ0v) is 13.8. The molecule has 2 aromatic carbocycles. The number of benzene rings is 2. The lowest BCUT2D eigenvalue weighted by Crippen LogP contribution is -2.27. The first-order chi connectivity index (χ1) is 10.5. The molecule has 0 radical (unpaired) electrons. The fourth-order valence-corrected chi connectivity index (χ4v) is 3.21. The smallest absolute Gasteiger partial charge is 0.212 e. The molecular formula is C16H18ClNO3S. The van der Waals surface area contributed by atoms with Crippen LogP contribution in [0.15, 0.2) is 48.5 Å². The lowest BCUT2D eigenvalue weighted by Gasteiger charge is -2.09. The first-order valence-electron chi connectivity index (χ1n) is 6.84. The maximum atomic E-state index is 12.1. The summed E-state index contributed by atoms with van der Waals surface area (Å²) >= 11 is 6.01. The summed E-state index contributed by atoms with van der Waals surface area (Å²) in [6.07, 6.45) is 0.426. The quantitative estimate of drug-likeness (QED) is 0.843. The molecule has 4 nitrogen and oxygen atoms in total. The molecular weight excluding hydrogens is 322 g/mol. The van der Waals surface area contributed by atoms with Crippen molar-refractivity contribution in [3.8, 4) is 5.75 Å². The molecule has 0 aliphatic rings. The number of rotatable bonds is 7. The minimum absolute atomic E-state index is 0.0185. The fraction of sp³-hybridized carbons (Fsp3) is 0.250. The lowest BCUT2D eigenvalue weighted by molar-refractivity contribution is 0.414. The van der Waals surface area contributed by atoms with E-state index in [9.17, 15) is 8.42 Å². The number of hydrogen-bond acceptors (Lipinski definition) is 3. The van der Waals surface area contributed by atoms with E-state index in [4.69, 9.17) is 16.3 Å². The van der Waals surface area contributed by atoms with Gasteiger partial charge in [0.05, 0.1) is 12.9 Å². The Morgan fingerprint density at radius 3 is 2.64 bits per heavy atom. The second-order valence-electron chi connectivity index (χ2n) is 4.83. The summed E-state index contributed by atoms with van der Waals surface area (Å²) in [5.74, 6) is 0.740. The zero-order valence-electron chi connectivity index (χ0n) is 12.3. The fourth-order valence-electron chi connectivity index (χ4n) is 1.98. The molecule has 0 atom stereocenters. The number of ether oxygens (including phenoxy) is 1. The molecule has 0 saturated heterocycles. The highest BCUT2D eigenvalue weighted by molar-refractivity contribution is 7.89. The highest BCUT2D eigenvalue weighted by Crippen LogP contribution is 2.15. The number of methoxy groups -OCH3 is 1. The van der Waals surface area contributed by atoms with Crippen molar-refractivity contribution in [2.45, 2.75) is 13.0 Å². The van der Waals surface area contributed by atoms with Crippen molar-refractivity contribution in [1.29, 1.82) is 0 Å². The Kier molecular flexibility index (Phi) is 5.83. The third kappa shape index (κ3) is 5.02. The Hall–Kier alpha value is -1.56. The van der Waals surface area contributed by atoms with Crippen molar-refractivity contribution in [3.05, 3.63) is 64.7 Å². The standard InChI is InChI=1S/C16H18ClNO3S/c1-21-15-7-4-5-13(11-15)9-10-22(19,20)18-12-14-6-2-3-8-16(14)17/h2-8,11,18H,9-10,12H2,1H3. The van der Waals surface area contributed by atoms with Gasteiger partial charge in [0.1, 0.15) is 5.75 Å². The summed E-state index contributed by atoms with van der Waals surface area (Å²) in [4.78, 5) is 0. The highest BCUT2D eigenvalue weighted by atomic mass is 35.5. The Bertz CT molecular complexity index is 732. The molecule has 0 unspecified atom stereocenters. The molecule has 22 heavy (non-hydrogen) atoms. The van der Waals surface area contributed by atoms with Crippen LogP contribution in [0.4, 0.5) is 0 Å². The van der Waals surface area contributed by atoms with E-state index in [0.717, 1.165) is 16.9 Å². The number of aryl methyl sites for hydroxylation is 1. The largest absolute Gasteiger partial charge is 0.497 e. The van der Waals surface area contributed by atoms with Crippen LogP contribution in [0.1, 0.15) is 11.1 Å². The van der Waals surface area contributed by atoms with Crippen LogP contribution in [0, 0.1) is 0 Å². The van der Waals surface area contributed by atoms with Crippen LogP contribution in [0.3, 0.4) is 0 Å². The molecule has 0 heterocycles. The highest BCUT2D eigenvalue weighted by Gasteiger charge is 2.11. The van der Waals surface area contributed by atoms with Crippen molar-refractivity contribution >= 4 is 21.6 Å². The van der Waals surface area contributed by atoms with Crippen LogP contribution in [-0.4, -0.2) is 21.3 Å². The SMILES string of the molecule is COc1cccc(CCS(=O)(=O)NCc2ccccc2Cl)c1. The third-order valence-corrected chi connectivity index (χ3v) is 4.93. The summed E-state index contributed by atoms with van der Waals surface area (Å²) in [7, 11) is -1.78. The van der Waals surface area contributed by atoms with Crippen LogP contribution in [-0.2, 0) is 23.0 Å². The second-order valence-corrected chi connectivity index (χ2v) is 7.17. The van der Waals surface area contributed by atoms with Crippen LogP contribution in [0.25, 0.3) is 0 Å². The normalized spacial score (nSPS) is 11.4. The topological polar surface area (TPSA) is 55.4 Å². The Morgan fingerprint density at radius 1 is 1.14 bits per heavy atom. The van der Waals surface area contributed by atoms with Gasteiger partial charge in [0.25, 0.3) is 0 Å². The molecule has 2 rings (SSSR count). The van der Waals surface area contributed by atoms with Gasteiger partial charge in [0, 0.05) is 11.6 Å². The Labute approximate surface area is 136 Å². The van der Waals surface area contributed by atoms with E-state index < -0.39 is 10.0 Å². The molecule has 0 spiro atoms. The average Bonchev–Trinajstić information content (AvgIpc) is 2.53. The number of sulfonamides is 1. The molecule has 1 N–H and O–H groups in total. The third-order valence-electron chi connectivity index (χ3n) is 3.23. The maximum absolute atomic E-state index is 12.1.